The summed E-state index contributed by atoms with van der Waals surface area (Å²) in [6.07, 6.45) is 2.24. The fourth-order valence-corrected chi connectivity index (χ4v) is 1.21. The molecule has 0 heterocycles. The zero-order valence-corrected chi connectivity index (χ0v) is 9.63. The molecule has 0 aromatic heterocycles. The summed E-state index contributed by atoms with van der Waals surface area (Å²) in [6, 6.07) is 9.31. The van der Waals surface area contributed by atoms with E-state index in [1.165, 1.54) is 6.08 Å². The number of hydrazone groups is 1. The first-order chi connectivity index (χ1) is 8.27. The lowest BCUT2D eigenvalue weighted by Gasteiger charge is -2.13. The van der Waals surface area contributed by atoms with Crippen molar-refractivity contribution in [2.24, 2.45) is 5.10 Å². The fourth-order valence-electron chi connectivity index (χ4n) is 1.21. The van der Waals surface area contributed by atoms with Crippen LogP contribution in [0.4, 0.5) is 0 Å². The molecule has 0 aliphatic rings. The lowest BCUT2D eigenvalue weighted by molar-refractivity contribution is -0.191. The third-order valence-electron chi connectivity index (χ3n) is 2.01. The minimum atomic E-state index is -0.355. The summed E-state index contributed by atoms with van der Waals surface area (Å²) in [7, 11) is 0. The molecule has 0 unspecified atom stereocenters. The SMILES string of the molecule is CCCC(=O)N(N=C=O)OCc1ccccc1. The number of hydrogen-bond donors (Lipinski definition) is 0. The molecule has 0 radical (unpaired) electrons. The first-order valence-corrected chi connectivity index (χ1v) is 5.35. The van der Waals surface area contributed by atoms with Gasteiger partial charge in [-0.25, -0.2) is 9.63 Å². The molecule has 90 valence electrons. The van der Waals surface area contributed by atoms with Crippen molar-refractivity contribution in [3.8, 4) is 0 Å². The standard InChI is InChI=1S/C12H14N2O3/c1-2-6-12(16)14(13-10-15)17-9-11-7-4-3-5-8-11/h3-5,7-8H,2,6,9H2,1H3. The Balaban J connectivity index is 2.56. The predicted octanol–water partition coefficient (Wildman–Crippen LogP) is 2.00. The average Bonchev–Trinajstić information content (AvgIpc) is 2.36. The van der Waals surface area contributed by atoms with Gasteiger partial charge in [-0.05, 0) is 12.0 Å². The Bertz CT molecular complexity index is 399. The third kappa shape index (κ3) is 4.59. The van der Waals surface area contributed by atoms with E-state index in [1.54, 1.807) is 0 Å². The topological polar surface area (TPSA) is 59.0 Å². The van der Waals surface area contributed by atoms with E-state index in [0.29, 0.717) is 11.6 Å². The predicted molar refractivity (Wildman–Crippen MR) is 61.1 cm³/mol. The van der Waals surface area contributed by atoms with Crippen molar-refractivity contribution in [2.75, 3.05) is 0 Å². The van der Waals surface area contributed by atoms with Gasteiger partial charge >= 0.3 is 0 Å². The number of isocyanates is 1. The molecule has 0 bridgehead atoms. The molecular weight excluding hydrogens is 220 g/mol. The first-order valence-electron chi connectivity index (χ1n) is 5.35. The van der Waals surface area contributed by atoms with E-state index in [2.05, 4.69) is 5.10 Å². The van der Waals surface area contributed by atoms with Crippen molar-refractivity contribution in [2.45, 2.75) is 26.4 Å². The Kier molecular flexibility index (Phi) is 5.64. The number of benzene rings is 1. The molecule has 1 amide bonds. The molecule has 17 heavy (non-hydrogen) atoms. The number of rotatable bonds is 6. The van der Waals surface area contributed by atoms with Crippen LogP contribution in [0.2, 0.25) is 0 Å². The fraction of sp³-hybridized carbons (Fsp3) is 0.333. The van der Waals surface area contributed by atoms with Crippen molar-refractivity contribution >= 4 is 12.0 Å². The molecule has 0 aliphatic carbocycles. The second-order valence-electron chi connectivity index (χ2n) is 3.37. The summed E-state index contributed by atoms with van der Waals surface area (Å²) >= 11 is 0. The van der Waals surface area contributed by atoms with Gasteiger partial charge in [0, 0.05) is 6.42 Å². The maximum Gasteiger partial charge on any atom is 0.269 e. The zero-order valence-electron chi connectivity index (χ0n) is 9.63. The van der Waals surface area contributed by atoms with Crippen molar-refractivity contribution in [1.82, 2.24) is 5.17 Å². The maximum atomic E-state index is 11.5. The molecular formula is C12H14N2O3. The van der Waals surface area contributed by atoms with E-state index in [0.717, 1.165) is 5.56 Å². The quantitative estimate of drug-likeness (QED) is 0.429. The van der Waals surface area contributed by atoms with Gasteiger partial charge in [-0.3, -0.25) is 4.79 Å². The normalized spacial score (nSPS) is 9.47. The van der Waals surface area contributed by atoms with Gasteiger partial charge in [0.2, 0.25) is 0 Å². The molecule has 0 aliphatic heterocycles. The summed E-state index contributed by atoms with van der Waals surface area (Å²) < 4.78 is 0. The van der Waals surface area contributed by atoms with Crippen LogP contribution in [-0.2, 0) is 21.0 Å². The van der Waals surface area contributed by atoms with E-state index in [4.69, 9.17) is 4.84 Å². The van der Waals surface area contributed by atoms with Crippen LogP contribution in [-0.4, -0.2) is 17.2 Å². The number of carbonyl (C=O) groups excluding carboxylic acids is 2. The molecule has 1 aromatic carbocycles. The minimum Gasteiger partial charge on any atom is -0.270 e. The van der Waals surface area contributed by atoms with E-state index < -0.39 is 0 Å². The summed E-state index contributed by atoms with van der Waals surface area (Å²) in [5, 5.41) is 3.91. The van der Waals surface area contributed by atoms with Gasteiger partial charge in [0.1, 0.15) is 6.61 Å². The van der Waals surface area contributed by atoms with Gasteiger partial charge in [-0.2, -0.15) is 0 Å². The van der Waals surface area contributed by atoms with Gasteiger partial charge < -0.3 is 0 Å². The molecule has 5 nitrogen and oxygen atoms in total. The largest absolute Gasteiger partial charge is 0.270 e. The van der Waals surface area contributed by atoms with Gasteiger partial charge in [-0.15, -0.1) is 0 Å². The van der Waals surface area contributed by atoms with Crippen LogP contribution >= 0.6 is 0 Å². The molecule has 0 spiro atoms. The average molecular weight is 234 g/mol. The summed E-state index contributed by atoms with van der Waals surface area (Å²) in [5.74, 6) is -0.355. The molecule has 1 aromatic rings. The highest BCUT2D eigenvalue weighted by molar-refractivity contribution is 5.75. The lowest BCUT2D eigenvalue weighted by atomic mass is 10.2. The van der Waals surface area contributed by atoms with Crippen LogP contribution in [0.3, 0.4) is 0 Å². The second kappa shape index (κ2) is 7.33. The van der Waals surface area contributed by atoms with E-state index in [9.17, 15) is 9.59 Å². The zero-order chi connectivity index (χ0) is 12.5. The summed E-state index contributed by atoms with van der Waals surface area (Å²) in [5.41, 5.74) is 0.892. The lowest BCUT2D eigenvalue weighted by Crippen LogP contribution is -2.25. The number of hydrogen-bond acceptors (Lipinski definition) is 4. The second-order valence-corrected chi connectivity index (χ2v) is 3.37. The van der Waals surface area contributed by atoms with E-state index in [-0.39, 0.29) is 18.9 Å². The number of hydroxylamine groups is 1. The molecule has 0 saturated carbocycles. The smallest absolute Gasteiger partial charge is 0.269 e. The Morgan fingerprint density at radius 1 is 1.41 bits per heavy atom. The Morgan fingerprint density at radius 2 is 2.12 bits per heavy atom. The van der Waals surface area contributed by atoms with Crippen molar-refractivity contribution in [1.29, 1.82) is 0 Å². The van der Waals surface area contributed by atoms with Gasteiger partial charge in [-0.1, -0.05) is 47.5 Å². The molecule has 0 atom stereocenters. The third-order valence-corrected chi connectivity index (χ3v) is 2.01. The highest BCUT2D eigenvalue weighted by atomic mass is 16.7. The molecule has 5 heteroatoms. The monoisotopic (exact) mass is 234 g/mol. The van der Waals surface area contributed by atoms with Crippen molar-refractivity contribution < 1.29 is 14.4 Å². The highest BCUT2D eigenvalue weighted by Gasteiger charge is 2.12. The highest BCUT2D eigenvalue weighted by Crippen LogP contribution is 2.05. The van der Waals surface area contributed by atoms with E-state index in [1.807, 2.05) is 37.3 Å². The van der Waals surface area contributed by atoms with Crippen molar-refractivity contribution in [3.63, 3.8) is 0 Å². The van der Waals surface area contributed by atoms with Crippen LogP contribution in [0.25, 0.3) is 0 Å². The van der Waals surface area contributed by atoms with Gasteiger partial charge in [0.25, 0.3) is 12.0 Å². The van der Waals surface area contributed by atoms with Crippen LogP contribution in [0.15, 0.2) is 35.4 Å². The number of nitrogens with zero attached hydrogens (tertiary/aromatic N) is 2. The van der Waals surface area contributed by atoms with Crippen LogP contribution in [0, 0.1) is 0 Å². The Labute approximate surface area is 99.6 Å². The molecule has 0 saturated heterocycles. The molecule has 0 N–H and O–H groups in total. The minimum absolute atomic E-state index is 0.182. The summed E-state index contributed by atoms with van der Waals surface area (Å²) in [6.45, 7) is 2.04. The van der Waals surface area contributed by atoms with Crippen molar-refractivity contribution in [3.05, 3.63) is 35.9 Å². The van der Waals surface area contributed by atoms with Crippen LogP contribution < -0.4 is 0 Å². The summed E-state index contributed by atoms with van der Waals surface area (Å²) in [4.78, 5) is 26.8. The Hall–Kier alpha value is -1.97. The number of carbonyl (C=O) groups is 1. The maximum absolute atomic E-state index is 11.5. The van der Waals surface area contributed by atoms with Crippen LogP contribution in [0.1, 0.15) is 25.3 Å². The van der Waals surface area contributed by atoms with Gasteiger partial charge in [0.15, 0.2) is 0 Å². The van der Waals surface area contributed by atoms with Gasteiger partial charge in [0.05, 0.1) is 0 Å². The first kappa shape index (κ1) is 13.1. The molecule has 1 rings (SSSR count). The Morgan fingerprint density at radius 3 is 2.71 bits per heavy atom. The number of amides is 1. The van der Waals surface area contributed by atoms with Crippen LogP contribution in [0.5, 0.6) is 0 Å². The van der Waals surface area contributed by atoms with E-state index >= 15 is 0 Å². The molecule has 0 fully saturated rings.